The van der Waals surface area contributed by atoms with E-state index in [1.807, 2.05) is 0 Å². The van der Waals surface area contributed by atoms with Gasteiger partial charge in [-0.2, -0.15) is 0 Å². The molecule has 98 valence electrons. The molecule has 1 N–H and O–H groups in total. The van der Waals surface area contributed by atoms with Crippen LogP contribution in [0, 0.1) is 5.82 Å². The molecule has 0 aliphatic rings. The van der Waals surface area contributed by atoms with Crippen LogP contribution in [0.25, 0.3) is 11.3 Å². The van der Waals surface area contributed by atoms with Crippen LogP contribution < -0.4 is 0 Å². The lowest BCUT2D eigenvalue weighted by Crippen LogP contribution is -2.03. The summed E-state index contributed by atoms with van der Waals surface area (Å²) in [5.74, 6) is -2.39. The van der Waals surface area contributed by atoms with Gasteiger partial charge in [-0.25, -0.2) is 9.18 Å². The molecule has 2 rings (SSSR count). The van der Waals surface area contributed by atoms with E-state index in [1.54, 1.807) is 0 Å². The van der Waals surface area contributed by atoms with Crippen molar-refractivity contribution in [3.05, 3.63) is 50.8 Å². The standard InChI is InChI=1S/C12H5Cl3FNO2/c13-5-3-7(9(15)8(14)4-5)11-10(16)6(12(18)19)1-2-17-11/h1-4H,(H,18,19). The van der Waals surface area contributed by atoms with Crippen molar-refractivity contribution in [2.75, 3.05) is 0 Å². The molecule has 0 aliphatic heterocycles. The van der Waals surface area contributed by atoms with Gasteiger partial charge in [-0.05, 0) is 18.2 Å². The second-order valence-corrected chi connectivity index (χ2v) is 4.80. The zero-order chi connectivity index (χ0) is 14.2. The highest BCUT2D eigenvalue weighted by molar-refractivity contribution is 6.45. The molecule has 7 heteroatoms. The predicted molar refractivity (Wildman–Crippen MR) is 71.6 cm³/mol. The number of pyridine rings is 1. The fourth-order valence-electron chi connectivity index (χ4n) is 1.52. The lowest BCUT2D eigenvalue weighted by molar-refractivity contribution is 0.0692. The third-order valence-electron chi connectivity index (χ3n) is 2.37. The SMILES string of the molecule is O=C(O)c1ccnc(-c2cc(Cl)cc(Cl)c2Cl)c1F. The number of benzene rings is 1. The van der Waals surface area contributed by atoms with E-state index in [1.165, 1.54) is 18.3 Å². The largest absolute Gasteiger partial charge is 0.478 e. The quantitative estimate of drug-likeness (QED) is 0.826. The Labute approximate surface area is 122 Å². The first-order valence-corrected chi connectivity index (χ1v) is 6.08. The Balaban J connectivity index is 2.73. The number of carbonyl (C=O) groups is 1. The molecule has 0 saturated heterocycles. The minimum absolute atomic E-state index is 0.0556. The van der Waals surface area contributed by atoms with Crippen LogP contribution in [-0.2, 0) is 0 Å². The maximum Gasteiger partial charge on any atom is 0.338 e. The van der Waals surface area contributed by atoms with E-state index in [4.69, 9.17) is 39.9 Å². The van der Waals surface area contributed by atoms with Crippen LogP contribution in [0.4, 0.5) is 4.39 Å². The molecule has 0 radical (unpaired) electrons. The summed E-state index contributed by atoms with van der Waals surface area (Å²) in [7, 11) is 0. The van der Waals surface area contributed by atoms with Gasteiger partial charge >= 0.3 is 5.97 Å². The second-order valence-electron chi connectivity index (χ2n) is 3.58. The normalized spacial score (nSPS) is 10.5. The number of carboxylic acids is 1. The molecule has 0 unspecified atom stereocenters. The van der Waals surface area contributed by atoms with Gasteiger partial charge in [0.05, 0.1) is 15.6 Å². The van der Waals surface area contributed by atoms with Crippen molar-refractivity contribution in [3.8, 4) is 11.3 Å². The summed E-state index contributed by atoms with van der Waals surface area (Å²) >= 11 is 17.6. The molecule has 0 spiro atoms. The maximum atomic E-state index is 14.1. The van der Waals surface area contributed by atoms with Gasteiger partial charge in [0.1, 0.15) is 5.69 Å². The van der Waals surface area contributed by atoms with E-state index in [0.717, 1.165) is 6.07 Å². The van der Waals surface area contributed by atoms with E-state index in [9.17, 15) is 9.18 Å². The average molecular weight is 321 g/mol. The van der Waals surface area contributed by atoms with Gasteiger partial charge in [0, 0.05) is 16.8 Å². The predicted octanol–water partition coefficient (Wildman–Crippen LogP) is 4.55. The zero-order valence-corrected chi connectivity index (χ0v) is 11.4. The van der Waals surface area contributed by atoms with Crippen molar-refractivity contribution in [2.24, 2.45) is 0 Å². The number of aromatic nitrogens is 1. The highest BCUT2D eigenvalue weighted by Gasteiger charge is 2.19. The van der Waals surface area contributed by atoms with Crippen LogP contribution in [0.3, 0.4) is 0 Å². The first-order valence-electron chi connectivity index (χ1n) is 4.94. The fraction of sp³-hybridized carbons (Fsp3) is 0. The lowest BCUT2D eigenvalue weighted by atomic mass is 10.1. The Kier molecular flexibility index (Phi) is 3.94. The van der Waals surface area contributed by atoms with Gasteiger partial charge in [0.25, 0.3) is 0 Å². The van der Waals surface area contributed by atoms with Crippen LogP contribution in [-0.4, -0.2) is 16.1 Å². The number of aromatic carboxylic acids is 1. The number of hydrogen-bond donors (Lipinski definition) is 1. The van der Waals surface area contributed by atoms with Crippen molar-refractivity contribution < 1.29 is 14.3 Å². The van der Waals surface area contributed by atoms with Crippen LogP contribution in [0.2, 0.25) is 15.1 Å². The van der Waals surface area contributed by atoms with E-state index in [-0.39, 0.29) is 26.3 Å². The Bertz CT molecular complexity index is 676. The molecule has 0 atom stereocenters. The third kappa shape index (κ3) is 2.66. The number of carboxylic acid groups (broad SMARTS) is 1. The fourth-order valence-corrected chi connectivity index (χ4v) is 2.22. The molecule has 0 amide bonds. The van der Waals surface area contributed by atoms with Crippen LogP contribution in [0.5, 0.6) is 0 Å². The van der Waals surface area contributed by atoms with E-state index >= 15 is 0 Å². The lowest BCUT2D eigenvalue weighted by Gasteiger charge is -2.08. The summed E-state index contributed by atoms with van der Waals surface area (Å²) in [6, 6.07) is 3.82. The van der Waals surface area contributed by atoms with E-state index in [0.29, 0.717) is 0 Å². The zero-order valence-electron chi connectivity index (χ0n) is 9.12. The molecule has 0 aliphatic carbocycles. The van der Waals surface area contributed by atoms with Gasteiger partial charge in [-0.3, -0.25) is 4.98 Å². The summed E-state index contributed by atoms with van der Waals surface area (Å²) in [6.07, 6.45) is 1.17. The monoisotopic (exact) mass is 319 g/mol. The first-order chi connectivity index (χ1) is 8.91. The number of hydrogen-bond acceptors (Lipinski definition) is 2. The van der Waals surface area contributed by atoms with Gasteiger partial charge in [-0.15, -0.1) is 0 Å². The van der Waals surface area contributed by atoms with Crippen LogP contribution >= 0.6 is 34.8 Å². The van der Waals surface area contributed by atoms with Crippen molar-refractivity contribution in [1.82, 2.24) is 4.98 Å². The van der Waals surface area contributed by atoms with Crippen LogP contribution in [0.1, 0.15) is 10.4 Å². The Morgan fingerprint density at radius 2 is 1.95 bits per heavy atom. The van der Waals surface area contributed by atoms with Crippen molar-refractivity contribution >= 4 is 40.8 Å². The Morgan fingerprint density at radius 3 is 2.58 bits per heavy atom. The molecular weight excluding hydrogens is 315 g/mol. The molecule has 3 nitrogen and oxygen atoms in total. The average Bonchev–Trinajstić information content (AvgIpc) is 2.34. The minimum atomic E-state index is -1.40. The van der Waals surface area contributed by atoms with Crippen molar-refractivity contribution in [1.29, 1.82) is 0 Å². The first kappa shape index (κ1) is 14.1. The molecule has 0 fully saturated rings. The molecule has 1 aromatic heterocycles. The molecule has 1 heterocycles. The summed E-state index contributed by atoms with van der Waals surface area (Å²) in [5.41, 5.74) is -0.578. The molecular formula is C12H5Cl3FNO2. The number of nitrogens with zero attached hydrogens (tertiary/aromatic N) is 1. The van der Waals surface area contributed by atoms with Gasteiger partial charge < -0.3 is 5.11 Å². The Morgan fingerprint density at radius 1 is 1.26 bits per heavy atom. The van der Waals surface area contributed by atoms with E-state index in [2.05, 4.69) is 4.98 Å². The number of rotatable bonds is 2. The number of halogens is 4. The van der Waals surface area contributed by atoms with Crippen molar-refractivity contribution in [3.63, 3.8) is 0 Å². The van der Waals surface area contributed by atoms with Crippen LogP contribution in [0.15, 0.2) is 24.4 Å². The summed E-state index contributed by atoms with van der Waals surface area (Å²) in [4.78, 5) is 14.7. The topological polar surface area (TPSA) is 50.2 Å². The van der Waals surface area contributed by atoms with Gasteiger partial charge in [0.2, 0.25) is 0 Å². The molecule has 1 aromatic carbocycles. The summed E-state index contributed by atoms with van der Waals surface area (Å²) in [5, 5.41) is 9.29. The minimum Gasteiger partial charge on any atom is -0.478 e. The molecule has 2 aromatic rings. The summed E-state index contributed by atoms with van der Waals surface area (Å²) in [6.45, 7) is 0. The van der Waals surface area contributed by atoms with Gasteiger partial charge in [-0.1, -0.05) is 34.8 Å². The third-order valence-corrected chi connectivity index (χ3v) is 3.39. The highest BCUT2D eigenvalue weighted by Crippen LogP contribution is 2.37. The maximum absolute atomic E-state index is 14.1. The molecule has 0 bridgehead atoms. The Hall–Kier alpha value is -1.36. The smallest absolute Gasteiger partial charge is 0.338 e. The van der Waals surface area contributed by atoms with E-state index < -0.39 is 17.3 Å². The summed E-state index contributed by atoms with van der Waals surface area (Å²) < 4.78 is 14.1. The molecule has 0 saturated carbocycles. The van der Waals surface area contributed by atoms with Crippen molar-refractivity contribution in [2.45, 2.75) is 0 Å². The second kappa shape index (κ2) is 5.33. The molecule has 19 heavy (non-hydrogen) atoms. The highest BCUT2D eigenvalue weighted by atomic mass is 35.5. The van der Waals surface area contributed by atoms with Gasteiger partial charge in [0.15, 0.2) is 5.82 Å².